The van der Waals surface area contributed by atoms with E-state index in [0.717, 1.165) is 25.9 Å². The van der Waals surface area contributed by atoms with Crippen LogP contribution in [0.25, 0.3) is 22.3 Å². The Balaban J connectivity index is 1.40. The number of fused-ring (bicyclic) bond motifs is 2. The highest BCUT2D eigenvalue weighted by atomic mass is 19.1. The molecular weight excluding hydrogens is 489 g/mol. The molecule has 2 aromatic heterocycles. The minimum absolute atomic E-state index is 0.0165. The van der Waals surface area contributed by atoms with Crippen LogP contribution in [0.3, 0.4) is 0 Å². The number of benzene rings is 2. The van der Waals surface area contributed by atoms with Gasteiger partial charge in [-0.2, -0.15) is 5.10 Å². The Morgan fingerprint density at radius 2 is 1.97 bits per heavy atom. The number of nitrogens with zero attached hydrogens (tertiary/aromatic N) is 5. The van der Waals surface area contributed by atoms with Crippen LogP contribution in [0.4, 0.5) is 15.9 Å². The maximum atomic E-state index is 13.3. The van der Waals surface area contributed by atoms with Crippen LogP contribution in [0.2, 0.25) is 0 Å². The average molecular weight is 516 g/mol. The molecule has 0 spiro atoms. The first-order chi connectivity index (χ1) is 18.5. The van der Waals surface area contributed by atoms with Gasteiger partial charge in [0.2, 0.25) is 6.79 Å². The van der Waals surface area contributed by atoms with Gasteiger partial charge < -0.3 is 25.4 Å². The van der Waals surface area contributed by atoms with Crippen molar-refractivity contribution in [3.8, 4) is 22.8 Å². The molecule has 2 aliphatic heterocycles. The van der Waals surface area contributed by atoms with Gasteiger partial charge in [-0.3, -0.25) is 4.79 Å². The van der Waals surface area contributed by atoms with Gasteiger partial charge in [0, 0.05) is 24.2 Å². The van der Waals surface area contributed by atoms with Gasteiger partial charge in [-0.1, -0.05) is 6.08 Å². The van der Waals surface area contributed by atoms with Crippen LogP contribution in [0, 0.1) is 5.82 Å². The number of nitrogens with one attached hydrogen (secondary N) is 1. The van der Waals surface area contributed by atoms with Crippen molar-refractivity contribution in [1.82, 2.24) is 24.6 Å². The number of nitrogens with two attached hydrogens (primary N) is 1. The smallest absolute Gasteiger partial charge is 0.255 e. The molecule has 10 nitrogen and oxygen atoms in total. The molecule has 38 heavy (non-hydrogen) atoms. The second-order valence-corrected chi connectivity index (χ2v) is 9.21. The fourth-order valence-corrected chi connectivity index (χ4v) is 5.04. The Labute approximate surface area is 217 Å². The van der Waals surface area contributed by atoms with Gasteiger partial charge in [-0.25, -0.2) is 19.0 Å². The molecule has 0 aliphatic carbocycles. The van der Waals surface area contributed by atoms with Crippen LogP contribution in [-0.4, -0.2) is 50.4 Å². The van der Waals surface area contributed by atoms with Crippen molar-refractivity contribution in [2.75, 3.05) is 30.9 Å². The zero-order valence-electron chi connectivity index (χ0n) is 20.7. The van der Waals surface area contributed by atoms with Crippen molar-refractivity contribution in [2.24, 2.45) is 0 Å². The Hall–Kier alpha value is -4.67. The highest BCUT2D eigenvalue weighted by Crippen LogP contribution is 2.48. The summed E-state index contributed by atoms with van der Waals surface area (Å²) < 4.78 is 26.8. The van der Waals surface area contributed by atoms with Crippen LogP contribution >= 0.6 is 0 Å². The molecule has 11 heteroatoms. The third kappa shape index (κ3) is 4.15. The van der Waals surface area contributed by atoms with E-state index in [1.807, 2.05) is 17.7 Å². The van der Waals surface area contributed by atoms with E-state index in [0.29, 0.717) is 50.9 Å². The minimum atomic E-state index is -0.416. The van der Waals surface area contributed by atoms with Crippen LogP contribution in [-0.2, 0) is 0 Å². The van der Waals surface area contributed by atoms with E-state index in [1.165, 1.54) is 30.6 Å². The summed E-state index contributed by atoms with van der Waals surface area (Å²) in [5.74, 6) is 0.328. The largest absolute Gasteiger partial charge is 0.453 e. The Morgan fingerprint density at radius 1 is 1.16 bits per heavy atom. The van der Waals surface area contributed by atoms with Gasteiger partial charge in [0.15, 0.2) is 17.1 Å². The summed E-state index contributed by atoms with van der Waals surface area (Å²) in [4.78, 5) is 23.8. The second kappa shape index (κ2) is 9.66. The van der Waals surface area contributed by atoms with E-state index in [2.05, 4.69) is 26.4 Å². The van der Waals surface area contributed by atoms with E-state index < -0.39 is 11.7 Å². The highest BCUT2D eigenvalue weighted by Gasteiger charge is 2.30. The molecule has 0 saturated carbocycles. The maximum absolute atomic E-state index is 13.3. The number of piperidine rings is 1. The van der Waals surface area contributed by atoms with Crippen molar-refractivity contribution in [3.63, 3.8) is 0 Å². The topological polar surface area (TPSA) is 120 Å². The summed E-state index contributed by atoms with van der Waals surface area (Å²) in [6, 6.07) is 8.94. The predicted molar refractivity (Wildman–Crippen MR) is 140 cm³/mol. The van der Waals surface area contributed by atoms with Crippen LogP contribution in [0.5, 0.6) is 11.5 Å². The molecule has 6 rings (SSSR count). The van der Waals surface area contributed by atoms with Gasteiger partial charge in [0.25, 0.3) is 5.91 Å². The molecule has 4 aromatic rings. The number of rotatable bonds is 5. The molecule has 2 aliphatic rings. The van der Waals surface area contributed by atoms with Crippen LogP contribution in [0.15, 0.2) is 55.0 Å². The molecule has 4 heterocycles. The number of halogens is 1. The standard InChI is InChI=1S/C27H26FN7O3/c1-2-11-34-12-3-4-18(13-34)35-26-21(25(29)30-14-31-26)22(33-35)19-9-10-20(24-23(19)37-15-38-24)32-27(36)16-5-7-17(28)8-6-16/h2,5-11,14,18H,3-4,12-13,15H2,1H3,(H,32,36)(H2,29,30,31)/t18-/m1/s1. The average Bonchev–Trinajstić information content (AvgIpc) is 3.56. The van der Waals surface area contributed by atoms with Gasteiger partial charge in [0.05, 0.1) is 17.1 Å². The summed E-state index contributed by atoms with van der Waals surface area (Å²) in [7, 11) is 0. The van der Waals surface area contributed by atoms with Gasteiger partial charge in [-0.15, -0.1) is 0 Å². The zero-order chi connectivity index (χ0) is 26.2. The lowest BCUT2D eigenvalue weighted by molar-refractivity contribution is 0.102. The summed E-state index contributed by atoms with van der Waals surface area (Å²) in [6.07, 6.45) is 7.57. The minimum Gasteiger partial charge on any atom is -0.453 e. The lowest BCUT2D eigenvalue weighted by atomic mass is 10.1. The van der Waals surface area contributed by atoms with Crippen LogP contribution < -0.4 is 20.5 Å². The lowest BCUT2D eigenvalue weighted by Gasteiger charge is -2.32. The molecule has 0 radical (unpaired) electrons. The summed E-state index contributed by atoms with van der Waals surface area (Å²) >= 11 is 0. The van der Waals surface area contributed by atoms with Crippen molar-refractivity contribution < 1.29 is 18.7 Å². The Bertz CT molecular complexity index is 1550. The van der Waals surface area contributed by atoms with E-state index in [1.54, 1.807) is 12.1 Å². The number of nitrogen functional groups attached to an aromatic ring is 1. The summed E-state index contributed by atoms with van der Waals surface area (Å²) in [5.41, 5.74) is 8.98. The highest BCUT2D eigenvalue weighted by molar-refractivity contribution is 6.06. The molecule has 1 amide bonds. The first kappa shape index (κ1) is 23.7. The molecule has 0 unspecified atom stereocenters. The van der Waals surface area contributed by atoms with Gasteiger partial charge in [0.1, 0.15) is 23.7 Å². The number of carbonyl (C=O) groups excluding carboxylic acids is 1. The molecule has 194 valence electrons. The fourth-order valence-electron chi connectivity index (χ4n) is 5.04. The third-order valence-electron chi connectivity index (χ3n) is 6.78. The first-order valence-electron chi connectivity index (χ1n) is 12.4. The normalized spacial score (nSPS) is 16.9. The molecule has 1 saturated heterocycles. The van der Waals surface area contributed by atoms with Gasteiger partial charge >= 0.3 is 0 Å². The number of amides is 1. The van der Waals surface area contributed by atoms with E-state index in [-0.39, 0.29) is 12.8 Å². The van der Waals surface area contributed by atoms with E-state index in [4.69, 9.17) is 20.3 Å². The predicted octanol–water partition coefficient (Wildman–Crippen LogP) is 4.37. The zero-order valence-corrected chi connectivity index (χ0v) is 20.7. The molecular formula is C27H26FN7O3. The lowest BCUT2D eigenvalue weighted by Crippen LogP contribution is -2.33. The number of likely N-dealkylation sites (tertiary alicyclic amines) is 1. The first-order valence-corrected chi connectivity index (χ1v) is 12.4. The third-order valence-corrected chi connectivity index (χ3v) is 6.78. The SMILES string of the molecule is CC=CN1CCC[C@@H](n2nc(-c3ccc(NC(=O)c4ccc(F)cc4)c4c3OCO4)c3c(N)ncnc32)C1. The van der Waals surface area contributed by atoms with Gasteiger partial charge in [-0.05, 0) is 62.4 Å². The summed E-state index contributed by atoms with van der Waals surface area (Å²) in [6.45, 7) is 3.79. The molecule has 0 bridgehead atoms. The van der Waals surface area contributed by atoms with E-state index in [9.17, 15) is 9.18 Å². The maximum Gasteiger partial charge on any atom is 0.255 e. The molecule has 2 aromatic carbocycles. The second-order valence-electron chi connectivity index (χ2n) is 9.21. The Morgan fingerprint density at radius 3 is 2.79 bits per heavy atom. The van der Waals surface area contributed by atoms with Crippen molar-refractivity contribution in [3.05, 3.63) is 66.4 Å². The van der Waals surface area contributed by atoms with Crippen molar-refractivity contribution in [2.45, 2.75) is 25.8 Å². The number of hydrogen-bond acceptors (Lipinski definition) is 8. The number of carbonyl (C=O) groups is 1. The quantitative estimate of drug-likeness (QED) is 0.402. The number of ether oxygens (including phenoxy) is 2. The number of allylic oxidation sites excluding steroid dienone is 1. The van der Waals surface area contributed by atoms with Crippen LogP contribution in [0.1, 0.15) is 36.2 Å². The number of anilines is 2. The van der Waals surface area contributed by atoms with Crippen molar-refractivity contribution >= 4 is 28.4 Å². The monoisotopic (exact) mass is 515 g/mol. The fraction of sp³-hybridized carbons (Fsp3) is 0.259. The van der Waals surface area contributed by atoms with Crippen molar-refractivity contribution in [1.29, 1.82) is 0 Å². The van der Waals surface area contributed by atoms with E-state index >= 15 is 0 Å². The molecule has 1 fully saturated rings. The molecule has 3 N–H and O–H groups in total. The Kier molecular flexibility index (Phi) is 6.02. The number of hydrogen-bond donors (Lipinski definition) is 2. The molecule has 1 atom stereocenters. The summed E-state index contributed by atoms with van der Waals surface area (Å²) in [5, 5.41) is 8.45. The number of aromatic nitrogens is 4.